The largest absolute Gasteiger partial charge is 0.298 e. The average molecular weight is 268 g/mol. The predicted molar refractivity (Wildman–Crippen MR) is 71.5 cm³/mol. The third-order valence-corrected chi connectivity index (χ3v) is 3.94. The van der Waals surface area contributed by atoms with Crippen molar-refractivity contribution in [3.05, 3.63) is 0 Å². The van der Waals surface area contributed by atoms with Gasteiger partial charge in [0.15, 0.2) is 5.41 Å². The topological polar surface area (TPSA) is 111 Å². The molecule has 0 aliphatic heterocycles. The lowest BCUT2D eigenvalue weighted by Crippen LogP contribution is -2.41. The van der Waals surface area contributed by atoms with Gasteiger partial charge in [-0.15, -0.1) is 0 Å². The summed E-state index contributed by atoms with van der Waals surface area (Å²) in [6.07, 6.45) is 0.304. The lowest BCUT2D eigenvalue weighted by molar-refractivity contribution is 0.306. The fraction of sp³-hybridized carbons (Fsp3) is 0.643. The molecule has 0 spiro atoms. The van der Waals surface area contributed by atoms with Crippen molar-refractivity contribution in [1.82, 2.24) is 5.01 Å². The van der Waals surface area contributed by atoms with Crippen molar-refractivity contribution in [1.29, 1.82) is 21.0 Å². The molecule has 1 rings (SSSR count). The van der Waals surface area contributed by atoms with Crippen molar-refractivity contribution in [3.8, 4) is 24.3 Å². The number of nitrogens with zero attached hydrogens (tertiary/aromatic N) is 6. The summed E-state index contributed by atoms with van der Waals surface area (Å²) in [6.45, 7) is 6.80. The van der Waals surface area contributed by atoms with E-state index in [0.717, 1.165) is 0 Å². The Bertz CT molecular complexity index is 545. The van der Waals surface area contributed by atoms with E-state index in [-0.39, 0.29) is 0 Å². The number of hydrogen-bond donors (Lipinski definition) is 0. The maximum atomic E-state index is 9.49. The predicted octanol–water partition coefficient (Wildman–Crippen LogP) is 1.79. The van der Waals surface area contributed by atoms with Gasteiger partial charge in [-0.05, 0) is 26.2 Å². The van der Waals surface area contributed by atoms with Crippen LogP contribution in [0, 0.1) is 62.1 Å². The Morgan fingerprint density at radius 2 is 1.60 bits per heavy atom. The SMILES string of the molecule is CCN(CC)N=C1CC(C)C(C#N)(C#N)C1(C#N)C#N. The average Bonchev–Trinajstić information content (AvgIpc) is 2.72. The molecule has 0 aromatic rings. The van der Waals surface area contributed by atoms with E-state index >= 15 is 0 Å². The van der Waals surface area contributed by atoms with Gasteiger partial charge in [-0.2, -0.15) is 26.1 Å². The zero-order chi connectivity index (χ0) is 15.4. The van der Waals surface area contributed by atoms with Gasteiger partial charge in [-0.1, -0.05) is 6.92 Å². The van der Waals surface area contributed by atoms with E-state index in [1.807, 2.05) is 38.1 Å². The maximum Gasteiger partial charge on any atom is 0.214 e. The van der Waals surface area contributed by atoms with Crippen LogP contribution in [-0.4, -0.2) is 23.8 Å². The van der Waals surface area contributed by atoms with Crippen LogP contribution in [0.4, 0.5) is 0 Å². The van der Waals surface area contributed by atoms with E-state index in [4.69, 9.17) is 0 Å². The van der Waals surface area contributed by atoms with Gasteiger partial charge in [0.25, 0.3) is 0 Å². The van der Waals surface area contributed by atoms with Crippen LogP contribution in [0.2, 0.25) is 0 Å². The number of nitriles is 4. The summed E-state index contributed by atoms with van der Waals surface area (Å²) in [5.41, 5.74) is -3.14. The van der Waals surface area contributed by atoms with E-state index in [0.29, 0.717) is 25.2 Å². The Kier molecular flexibility index (Phi) is 4.34. The molecule has 1 fully saturated rings. The fourth-order valence-electron chi connectivity index (χ4n) is 2.59. The molecule has 0 N–H and O–H groups in total. The smallest absolute Gasteiger partial charge is 0.214 e. The van der Waals surface area contributed by atoms with Crippen LogP contribution in [0.5, 0.6) is 0 Å². The summed E-state index contributed by atoms with van der Waals surface area (Å²) in [7, 11) is 0. The zero-order valence-corrected chi connectivity index (χ0v) is 11.9. The molecule has 0 amide bonds. The Balaban J connectivity index is 3.55. The third-order valence-electron chi connectivity index (χ3n) is 3.94. The molecule has 1 aliphatic rings. The highest BCUT2D eigenvalue weighted by Gasteiger charge is 2.66. The highest BCUT2D eigenvalue weighted by molar-refractivity contribution is 6.00. The molecule has 1 aliphatic carbocycles. The molecule has 6 nitrogen and oxygen atoms in total. The van der Waals surface area contributed by atoms with Crippen molar-refractivity contribution < 1.29 is 0 Å². The fourth-order valence-corrected chi connectivity index (χ4v) is 2.59. The van der Waals surface area contributed by atoms with E-state index in [1.54, 1.807) is 11.9 Å². The minimum Gasteiger partial charge on any atom is -0.298 e. The standard InChI is InChI=1S/C14H16N6/c1-4-20(5-2)19-12-6-11(3)13(7-15,8-16)14(12,9-17)10-18/h11H,4-6H2,1-3H3. The molecule has 0 bridgehead atoms. The van der Waals surface area contributed by atoms with Gasteiger partial charge in [-0.3, -0.25) is 5.01 Å². The first-order chi connectivity index (χ1) is 9.51. The minimum atomic E-state index is -1.79. The number of rotatable bonds is 3. The van der Waals surface area contributed by atoms with Crippen LogP contribution >= 0.6 is 0 Å². The van der Waals surface area contributed by atoms with Gasteiger partial charge < -0.3 is 0 Å². The Hall–Kier alpha value is -2.57. The van der Waals surface area contributed by atoms with E-state index in [9.17, 15) is 21.0 Å². The van der Waals surface area contributed by atoms with Crippen molar-refractivity contribution in [2.24, 2.45) is 21.8 Å². The number of hydrogen-bond acceptors (Lipinski definition) is 6. The maximum absolute atomic E-state index is 9.49. The molecule has 102 valence electrons. The van der Waals surface area contributed by atoms with Crippen molar-refractivity contribution in [2.75, 3.05) is 13.1 Å². The Morgan fingerprint density at radius 1 is 1.10 bits per heavy atom. The molecular weight excluding hydrogens is 252 g/mol. The molecule has 0 heterocycles. The molecule has 0 saturated heterocycles. The quantitative estimate of drug-likeness (QED) is 0.724. The van der Waals surface area contributed by atoms with Gasteiger partial charge in [-0.25, -0.2) is 0 Å². The Labute approximate surface area is 119 Å². The van der Waals surface area contributed by atoms with Gasteiger partial charge in [0.05, 0.1) is 30.0 Å². The molecule has 20 heavy (non-hydrogen) atoms. The molecule has 6 heteroatoms. The first kappa shape index (κ1) is 15.5. The second-order valence-corrected chi connectivity index (χ2v) is 4.80. The van der Waals surface area contributed by atoms with Crippen LogP contribution in [0.3, 0.4) is 0 Å². The van der Waals surface area contributed by atoms with Crippen LogP contribution in [0.25, 0.3) is 0 Å². The summed E-state index contributed by atoms with van der Waals surface area (Å²) in [5.74, 6) is -0.411. The highest BCUT2D eigenvalue weighted by Crippen LogP contribution is 2.53. The minimum absolute atomic E-state index is 0.304. The summed E-state index contributed by atoms with van der Waals surface area (Å²) >= 11 is 0. The molecule has 1 unspecified atom stereocenters. The summed E-state index contributed by atoms with van der Waals surface area (Å²) in [6, 6.07) is 7.59. The summed E-state index contributed by atoms with van der Waals surface area (Å²) in [4.78, 5) is 0. The van der Waals surface area contributed by atoms with Crippen LogP contribution in [0.1, 0.15) is 27.2 Å². The van der Waals surface area contributed by atoms with Crippen molar-refractivity contribution >= 4 is 5.71 Å². The normalized spacial score (nSPS) is 24.1. The lowest BCUT2D eigenvalue weighted by Gasteiger charge is -2.26. The first-order valence-electron chi connectivity index (χ1n) is 6.49. The zero-order valence-electron chi connectivity index (χ0n) is 11.9. The van der Waals surface area contributed by atoms with Crippen LogP contribution in [-0.2, 0) is 0 Å². The number of hydrazone groups is 1. The first-order valence-corrected chi connectivity index (χ1v) is 6.49. The monoisotopic (exact) mass is 268 g/mol. The van der Waals surface area contributed by atoms with Crippen LogP contribution in [0.15, 0.2) is 5.10 Å². The molecule has 0 aromatic heterocycles. The molecule has 1 atom stereocenters. The van der Waals surface area contributed by atoms with Crippen molar-refractivity contribution in [2.45, 2.75) is 27.2 Å². The van der Waals surface area contributed by atoms with E-state index in [2.05, 4.69) is 5.10 Å². The summed E-state index contributed by atoms with van der Waals surface area (Å²) in [5, 5.41) is 43.9. The summed E-state index contributed by atoms with van der Waals surface area (Å²) < 4.78 is 0. The molecule has 1 saturated carbocycles. The van der Waals surface area contributed by atoms with E-state index < -0.39 is 16.7 Å². The highest BCUT2D eigenvalue weighted by atomic mass is 15.4. The van der Waals surface area contributed by atoms with Gasteiger partial charge in [0.2, 0.25) is 5.41 Å². The lowest BCUT2D eigenvalue weighted by atomic mass is 9.65. The molecule has 0 radical (unpaired) electrons. The molecule has 0 aromatic carbocycles. The second kappa shape index (κ2) is 5.60. The van der Waals surface area contributed by atoms with Gasteiger partial charge in [0.1, 0.15) is 0 Å². The van der Waals surface area contributed by atoms with Gasteiger partial charge >= 0.3 is 0 Å². The third kappa shape index (κ3) is 1.78. The second-order valence-electron chi connectivity index (χ2n) is 4.80. The van der Waals surface area contributed by atoms with Crippen molar-refractivity contribution in [3.63, 3.8) is 0 Å². The molecular formula is C14H16N6. The van der Waals surface area contributed by atoms with Crippen LogP contribution < -0.4 is 0 Å². The Morgan fingerprint density at radius 3 is 1.95 bits per heavy atom. The van der Waals surface area contributed by atoms with E-state index in [1.165, 1.54) is 0 Å². The van der Waals surface area contributed by atoms with Gasteiger partial charge in [0, 0.05) is 13.1 Å².